The quantitative estimate of drug-likeness (QED) is 0.902. The second-order valence-electron chi connectivity index (χ2n) is 5.54. The van der Waals surface area contributed by atoms with Gasteiger partial charge in [-0.25, -0.2) is 0 Å². The topological polar surface area (TPSA) is 71.4 Å². The van der Waals surface area contributed by atoms with Gasteiger partial charge in [-0.15, -0.1) is 0 Å². The van der Waals surface area contributed by atoms with E-state index < -0.39 is 5.79 Å². The van der Waals surface area contributed by atoms with Crippen LogP contribution in [0.25, 0.3) is 0 Å². The van der Waals surface area contributed by atoms with Gasteiger partial charge < -0.3 is 14.8 Å². The highest BCUT2D eigenvalue weighted by molar-refractivity contribution is 5.94. The van der Waals surface area contributed by atoms with Gasteiger partial charge in [0.05, 0.1) is 24.8 Å². The molecule has 1 heterocycles. The zero-order valence-electron chi connectivity index (χ0n) is 11.8. The van der Waals surface area contributed by atoms with Gasteiger partial charge in [0.2, 0.25) is 0 Å². The lowest BCUT2D eigenvalue weighted by molar-refractivity contribution is -0.179. The molecule has 1 saturated heterocycles. The Morgan fingerprint density at radius 3 is 2.38 bits per heavy atom. The van der Waals surface area contributed by atoms with Crippen LogP contribution >= 0.6 is 0 Å². The molecule has 2 aliphatic rings. The number of rotatable bonds is 2. The SMILES string of the molecule is N#Cc1ccc(C(=O)NC2CCC3(CC2)OCCO3)cc1. The summed E-state index contributed by atoms with van der Waals surface area (Å²) in [5.74, 6) is -0.482. The minimum absolute atomic E-state index is 0.0892. The lowest BCUT2D eigenvalue weighted by Gasteiger charge is -2.35. The monoisotopic (exact) mass is 286 g/mol. The first-order chi connectivity index (χ1) is 10.2. The Labute approximate surface area is 123 Å². The van der Waals surface area contributed by atoms with E-state index in [2.05, 4.69) is 5.32 Å². The summed E-state index contributed by atoms with van der Waals surface area (Å²) in [5, 5.41) is 11.8. The maximum Gasteiger partial charge on any atom is 0.251 e. The third-order valence-corrected chi connectivity index (χ3v) is 4.17. The van der Waals surface area contributed by atoms with Crippen molar-refractivity contribution in [3.05, 3.63) is 35.4 Å². The van der Waals surface area contributed by atoms with Crippen molar-refractivity contribution in [1.82, 2.24) is 5.32 Å². The Bertz CT molecular complexity index is 546. The Kier molecular flexibility index (Phi) is 3.91. The minimum Gasteiger partial charge on any atom is -0.349 e. The fraction of sp³-hybridized carbons (Fsp3) is 0.500. The second kappa shape index (κ2) is 5.84. The molecule has 3 rings (SSSR count). The number of ether oxygens (including phenoxy) is 2. The van der Waals surface area contributed by atoms with Crippen LogP contribution in [0.1, 0.15) is 41.6 Å². The van der Waals surface area contributed by atoms with Crippen LogP contribution in [0.2, 0.25) is 0 Å². The molecule has 5 heteroatoms. The number of amides is 1. The zero-order chi connectivity index (χ0) is 14.7. The van der Waals surface area contributed by atoms with Crippen LogP contribution in [0.15, 0.2) is 24.3 Å². The van der Waals surface area contributed by atoms with Gasteiger partial charge in [-0.1, -0.05) is 0 Å². The summed E-state index contributed by atoms with van der Waals surface area (Å²) in [6, 6.07) is 8.88. The Hall–Kier alpha value is -1.90. The molecule has 1 saturated carbocycles. The highest BCUT2D eigenvalue weighted by Gasteiger charge is 2.40. The van der Waals surface area contributed by atoms with Gasteiger partial charge in [0.15, 0.2) is 5.79 Å². The van der Waals surface area contributed by atoms with Crippen LogP contribution in [0.5, 0.6) is 0 Å². The summed E-state index contributed by atoms with van der Waals surface area (Å²) in [7, 11) is 0. The van der Waals surface area contributed by atoms with E-state index in [1.54, 1.807) is 24.3 Å². The lowest BCUT2D eigenvalue weighted by atomic mass is 9.90. The molecule has 0 radical (unpaired) electrons. The molecule has 21 heavy (non-hydrogen) atoms. The van der Waals surface area contributed by atoms with Gasteiger partial charge in [0.1, 0.15) is 0 Å². The van der Waals surface area contributed by atoms with Gasteiger partial charge >= 0.3 is 0 Å². The predicted molar refractivity (Wildman–Crippen MR) is 75.5 cm³/mol. The highest BCUT2D eigenvalue weighted by atomic mass is 16.7. The summed E-state index contributed by atoms with van der Waals surface area (Å²) < 4.78 is 11.4. The molecule has 1 aromatic rings. The van der Waals surface area contributed by atoms with Crippen LogP contribution in [0, 0.1) is 11.3 Å². The van der Waals surface area contributed by atoms with Crippen molar-refractivity contribution in [3.8, 4) is 6.07 Å². The smallest absolute Gasteiger partial charge is 0.251 e. The number of hydrogen-bond donors (Lipinski definition) is 1. The molecule has 1 aliphatic carbocycles. The predicted octanol–water partition coefficient (Wildman–Crippen LogP) is 1.97. The molecule has 1 aliphatic heterocycles. The van der Waals surface area contributed by atoms with Crippen molar-refractivity contribution in [2.45, 2.75) is 37.5 Å². The Morgan fingerprint density at radius 1 is 1.19 bits per heavy atom. The lowest BCUT2D eigenvalue weighted by Crippen LogP contribution is -2.44. The molecular weight excluding hydrogens is 268 g/mol. The van der Waals surface area contributed by atoms with E-state index in [1.165, 1.54) is 0 Å². The van der Waals surface area contributed by atoms with Crippen molar-refractivity contribution in [2.24, 2.45) is 0 Å². The molecule has 0 atom stereocenters. The zero-order valence-corrected chi connectivity index (χ0v) is 11.8. The molecular formula is C16H18N2O3. The number of nitrogens with zero attached hydrogens (tertiary/aromatic N) is 1. The number of nitriles is 1. The van der Waals surface area contributed by atoms with Crippen molar-refractivity contribution in [1.29, 1.82) is 5.26 Å². The van der Waals surface area contributed by atoms with E-state index in [0.29, 0.717) is 24.3 Å². The Balaban J connectivity index is 1.55. The molecule has 2 fully saturated rings. The molecule has 0 aromatic heterocycles. The number of carbonyl (C=O) groups excluding carboxylic acids is 1. The molecule has 0 unspecified atom stereocenters. The van der Waals surface area contributed by atoms with Crippen LogP contribution in [-0.2, 0) is 9.47 Å². The first-order valence-corrected chi connectivity index (χ1v) is 7.30. The summed E-state index contributed by atoms with van der Waals surface area (Å²) >= 11 is 0. The van der Waals surface area contributed by atoms with Gasteiger partial charge in [-0.2, -0.15) is 5.26 Å². The van der Waals surface area contributed by atoms with Crippen LogP contribution < -0.4 is 5.32 Å². The van der Waals surface area contributed by atoms with E-state index in [4.69, 9.17) is 14.7 Å². The van der Waals surface area contributed by atoms with Crippen molar-refractivity contribution < 1.29 is 14.3 Å². The fourth-order valence-electron chi connectivity index (χ4n) is 2.95. The van der Waals surface area contributed by atoms with E-state index >= 15 is 0 Å². The van der Waals surface area contributed by atoms with Crippen LogP contribution in [0.3, 0.4) is 0 Å². The van der Waals surface area contributed by atoms with Crippen LogP contribution in [0.4, 0.5) is 0 Å². The normalized spacial score (nSPS) is 21.1. The van der Waals surface area contributed by atoms with Gasteiger partial charge in [0, 0.05) is 24.4 Å². The molecule has 1 amide bonds. The number of benzene rings is 1. The maximum absolute atomic E-state index is 12.2. The number of hydrogen-bond acceptors (Lipinski definition) is 4. The average Bonchev–Trinajstić information content (AvgIpc) is 2.98. The highest BCUT2D eigenvalue weighted by Crippen LogP contribution is 2.35. The van der Waals surface area contributed by atoms with Crippen molar-refractivity contribution in [3.63, 3.8) is 0 Å². The summed E-state index contributed by atoms with van der Waals surface area (Å²) in [6.45, 7) is 1.34. The van der Waals surface area contributed by atoms with Crippen molar-refractivity contribution in [2.75, 3.05) is 13.2 Å². The van der Waals surface area contributed by atoms with E-state index in [1.807, 2.05) is 6.07 Å². The number of carbonyl (C=O) groups is 1. The third-order valence-electron chi connectivity index (χ3n) is 4.17. The molecule has 110 valence electrons. The molecule has 1 spiro atoms. The van der Waals surface area contributed by atoms with E-state index in [-0.39, 0.29) is 11.9 Å². The Morgan fingerprint density at radius 2 is 1.81 bits per heavy atom. The third kappa shape index (κ3) is 3.07. The summed E-state index contributed by atoms with van der Waals surface area (Å²) in [6.07, 6.45) is 3.38. The molecule has 1 aromatic carbocycles. The van der Waals surface area contributed by atoms with Gasteiger partial charge in [-0.3, -0.25) is 4.79 Å². The van der Waals surface area contributed by atoms with Crippen LogP contribution in [-0.4, -0.2) is 30.9 Å². The fourth-order valence-corrected chi connectivity index (χ4v) is 2.95. The first kappa shape index (κ1) is 14.1. The number of nitrogens with one attached hydrogen (secondary N) is 1. The van der Waals surface area contributed by atoms with Crippen molar-refractivity contribution >= 4 is 5.91 Å². The van der Waals surface area contributed by atoms with E-state index in [0.717, 1.165) is 25.7 Å². The molecule has 0 bridgehead atoms. The molecule has 5 nitrogen and oxygen atoms in total. The second-order valence-corrected chi connectivity index (χ2v) is 5.54. The molecule has 1 N–H and O–H groups in total. The summed E-state index contributed by atoms with van der Waals surface area (Å²) in [5.41, 5.74) is 1.14. The van der Waals surface area contributed by atoms with E-state index in [9.17, 15) is 4.79 Å². The maximum atomic E-state index is 12.2. The minimum atomic E-state index is -0.393. The average molecular weight is 286 g/mol. The largest absolute Gasteiger partial charge is 0.349 e. The van der Waals surface area contributed by atoms with Gasteiger partial charge in [0.25, 0.3) is 5.91 Å². The standard InChI is InChI=1S/C16H18N2O3/c17-11-12-1-3-13(4-2-12)15(19)18-14-5-7-16(8-6-14)20-9-10-21-16/h1-4,14H,5-10H2,(H,18,19). The summed E-state index contributed by atoms with van der Waals surface area (Å²) in [4.78, 5) is 12.2. The van der Waals surface area contributed by atoms with Gasteiger partial charge in [-0.05, 0) is 37.1 Å². The first-order valence-electron chi connectivity index (χ1n) is 7.30.